The van der Waals surface area contributed by atoms with Gasteiger partial charge < -0.3 is 10.0 Å². The van der Waals surface area contributed by atoms with Crippen molar-refractivity contribution in [2.24, 2.45) is 5.41 Å². The number of carbonyl (C=O) groups is 3. The van der Waals surface area contributed by atoms with Crippen LogP contribution < -0.4 is 5.32 Å². The monoisotopic (exact) mass is 284 g/mol. The van der Waals surface area contributed by atoms with Crippen molar-refractivity contribution in [1.29, 1.82) is 0 Å². The lowest BCUT2D eigenvalue weighted by Gasteiger charge is -2.26. The minimum Gasteiger partial charge on any atom is -0.481 e. The Morgan fingerprint density at radius 1 is 1.20 bits per heavy atom. The Morgan fingerprint density at radius 3 is 2.30 bits per heavy atom. The molecular formula is C14H24N2O4. The summed E-state index contributed by atoms with van der Waals surface area (Å²) in [7, 11) is 1.63. The number of nitrogens with zero attached hydrogens (tertiary/aromatic N) is 1. The molecule has 0 atom stereocenters. The van der Waals surface area contributed by atoms with Gasteiger partial charge in [-0.15, -0.1) is 0 Å². The number of carboxylic acids is 1. The van der Waals surface area contributed by atoms with Crippen molar-refractivity contribution < 1.29 is 19.5 Å². The maximum Gasteiger partial charge on any atom is 0.323 e. The summed E-state index contributed by atoms with van der Waals surface area (Å²) in [6.45, 7) is 2.53. The highest BCUT2D eigenvalue weighted by Gasteiger charge is 2.38. The second-order valence-corrected chi connectivity index (χ2v) is 5.73. The van der Waals surface area contributed by atoms with Gasteiger partial charge in [0.2, 0.25) is 5.91 Å². The highest BCUT2D eigenvalue weighted by molar-refractivity contribution is 5.94. The van der Waals surface area contributed by atoms with Crippen molar-refractivity contribution in [2.45, 2.75) is 51.9 Å². The van der Waals surface area contributed by atoms with E-state index >= 15 is 0 Å². The van der Waals surface area contributed by atoms with Crippen LogP contribution in [-0.2, 0) is 9.59 Å². The number of amides is 3. The highest BCUT2D eigenvalue weighted by atomic mass is 16.4. The second-order valence-electron chi connectivity index (χ2n) is 5.73. The second kappa shape index (κ2) is 7.26. The summed E-state index contributed by atoms with van der Waals surface area (Å²) in [5.74, 6) is -1.25. The Balaban J connectivity index is 2.54. The molecule has 0 aromatic carbocycles. The Labute approximate surface area is 119 Å². The number of aliphatic carboxylic acids is 1. The molecule has 1 rings (SSSR count). The number of nitrogens with one attached hydrogen (secondary N) is 1. The first kappa shape index (κ1) is 16.5. The molecule has 1 fully saturated rings. The first-order chi connectivity index (χ1) is 9.38. The Kier molecular flexibility index (Phi) is 5.98. The number of hydrogen-bond donors (Lipinski definition) is 2. The molecule has 114 valence electrons. The molecule has 0 saturated heterocycles. The van der Waals surface area contributed by atoms with Crippen molar-refractivity contribution in [3.05, 3.63) is 0 Å². The van der Waals surface area contributed by atoms with Gasteiger partial charge in [-0.25, -0.2) is 4.79 Å². The predicted octanol–water partition coefficient (Wildman–Crippen LogP) is 1.99. The summed E-state index contributed by atoms with van der Waals surface area (Å²) in [6, 6.07) is -0.416. The summed E-state index contributed by atoms with van der Waals surface area (Å²) in [4.78, 5) is 36.1. The predicted molar refractivity (Wildman–Crippen MR) is 74.2 cm³/mol. The van der Waals surface area contributed by atoms with E-state index in [1.807, 2.05) is 6.92 Å². The molecule has 0 aromatic rings. The van der Waals surface area contributed by atoms with Crippen molar-refractivity contribution in [2.75, 3.05) is 13.6 Å². The Bertz CT molecular complexity index is 375. The first-order valence-corrected chi connectivity index (χ1v) is 7.15. The molecule has 1 saturated carbocycles. The van der Waals surface area contributed by atoms with E-state index in [1.165, 1.54) is 4.90 Å². The number of urea groups is 1. The zero-order valence-electron chi connectivity index (χ0n) is 12.3. The zero-order chi connectivity index (χ0) is 15.2. The van der Waals surface area contributed by atoms with Gasteiger partial charge in [-0.2, -0.15) is 0 Å². The van der Waals surface area contributed by atoms with Gasteiger partial charge in [0.15, 0.2) is 0 Å². The molecule has 0 aliphatic heterocycles. The molecule has 0 radical (unpaired) electrons. The average Bonchev–Trinajstić information content (AvgIpc) is 2.76. The molecule has 1 aliphatic rings. The van der Waals surface area contributed by atoms with Crippen LogP contribution in [0.2, 0.25) is 0 Å². The van der Waals surface area contributed by atoms with Crippen LogP contribution in [0.5, 0.6) is 0 Å². The molecule has 2 N–H and O–H groups in total. The SMILES string of the molecule is CCCN(C)C(=O)NC(=O)CC1(CC(=O)O)CCCC1. The molecule has 1 aliphatic carbocycles. The lowest BCUT2D eigenvalue weighted by Crippen LogP contribution is -2.42. The molecule has 0 bridgehead atoms. The fourth-order valence-corrected chi connectivity index (χ4v) is 2.90. The van der Waals surface area contributed by atoms with Crippen LogP contribution in [0.1, 0.15) is 51.9 Å². The van der Waals surface area contributed by atoms with Crippen LogP contribution >= 0.6 is 0 Å². The lowest BCUT2D eigenvalue weighted by molar-refractivity contribution is -0.140. The first-order valence-electron chi connectivity index (χ1n) is 7.15. The molecule has 0 spiro atoms. The molecule has 6 heteroatoms. The normalized spacial score (nSPS) is 16.7. The molecule has 0 heterocycles. The third kappa shape index (κ3) is 4.83. The van der Waals surface area contributed by atoms with E-state index in [1.54, 1.807) is 7.05 Å². The lowest BCUT2D eigenvalue weighted by atomic mass is 9.79. The largest absolute Gasteiger partial charge is 0.481 e. The summed E-state index contributed by atoms with van der Waals surface area (Å²) >= 11 is 0. The van der Waals surface area contributed by atoms with Gasteiger partial charge >= 0.3 is 12.0 Å². The van der Waals surface area contributed by atoms with Gasteiger partial charge in [0.25, 0.3) is 0 Å². The van der Waals surface area contributed by atoms with E-state index in [0.29, 0.717) is 6.54 Å². The highest BCUT2D eigenvalue weighted by Crippen LogP contribution is 2.43. The standard InChI is InChI=1S/C14H24N2O4/c1-3-8-16(2)13(20)15-11(17)9-14(10-12(18)19)6-4-5-7-14/h3-10H2,1-2H3,(H,18,19)(H,15,17,20). The molecule has 20 heavy (non-hydrogen) atoms. The number of hydrogen-bond acceptors (Lipinski definition) is 3. The maximum absolute atomic E-state index is 12.0. The summed E-state index contributed by atoms with van der Waals surface area (Å²) in [6.07, 6.45) is 4.32. The van der Waals surface area contributed by atoms with E-state index in [4.69, 9.17) is 5.11 Å². The zero-order valence-corrected chi connectivity index (χ0v) is 12.3. The molecule has 6 nitrogen and oxygen atoms in total. The van der Waals surface area contributed by atoms with Crippen LogP contribution in [0.3, 0.4) is 0 Å². The number of imide groups is 1. The minimum atomic E-state index is -0.880. The quantitative estimate of drug-likeness (QED) is 0.781. The summed E-state index contributed by atoms with van der Waals surface area (Å²) < 4.78 is 0. The van der Waals surface area contributed by atoms with E-state index in [0.717, 1.165) is 32.1 Å². The smallest absolute Gasteiger partial charge is 0.323 e. The molecule has 3 amide bonds. The molecular weight excluding hydrogens is 260 g/mol. The minimum absolute atomic E-state index is 0.000586. The van der Waals surface area contributed by atoms with Crippen molar-refractivity contribution in [3.8, 4) is 0 Å². The third-order valence-electron chi connectivity index (χ3n) is 3.88. The topological polar surface area (TPSA) is 86.7 Å². The fraction of sp³-hybridized carbons (Fsp3) is 0.786. The van der Waals surface area contributed by atoms with Gasteiger partial charge in [-0.05, 0) is 24.7 Å². The van der Waals surface area contributed by atoms with E-state index < -0.39 is 17.4 Å². The van der Waals surface area contributed by atoms with Crippen LogP contribution in [-0.4, -0.2) is 41.5 Å². The van der Waals surface area contributed by atoms with Gasteiger partial charge in [0.05, 0.1) is 6.42 Å². The van der Waals surface area contributed by atoms with Crippen LogP contribution in [0.4, 0.5) is 4.79 Å². The molecule has 0 unspecified atom stereocenters. The van der Waals surface area contributed by atoms with Gasteiger partial charge in [-0.1, -0.05) is 19.8 Å². The van der Waals surface area contributed by atoms with E-state index in [9.17, 15) is 14.4 Å². The van der Waals surface area contributed by atoms with Crippen LogP contribution in [0.15, 0.2) is 0 Å². The van der Waals surface area contributed by atoms with Crippen LogP contribution in [0, 0.1) is 5.41 Å². The molecule has 0 aromatic heterocycles. The van der Waals surface area contributed by atoms with E-state index in [2.05, 4.69) is 5.32 Å². The van der Waals surface area contributed by atoms with Crippen molar-refractivity contribution in [1.82, 2.24) is 10.2 Å². The maximum atomic E-state index is 12.0. The van der Waals surface area contributed by atoms with E-state index in [-0.39, 0.29) is 18.7 Å². The van der Waals surface area contributed by atoms with Crippen molar-refractivity contribution in [3.63, 3.8) is 0 Å². The van der Waals surface area contributed by atoms with Gasteiger partial charge in [0, 0.05) is 20.0 Å². The average molecular weight is 284 g/mol. The number of rotatable bonds is 6. The van der Waals surface area contributed by atoms with Crippen LogP contribution in [0.25, 0.3) is 0 Å². The number of carboxylic acid groups (broad SMARTS) is 1. The fourth-order valence-electron chi connectivity index (χ4n) is 2.90. The Hall–Kier alpha value is -1.59. The Morgan fingerprint density at radius 2 is 1.80 bits per heavy atom. The van der Waals surface area contributed by atoms with Crippen molar-refractivity contribution >= 4 is 17.9 Å². The van der Waals surface area contributed by atoms with Gasteiger partial charge in [0.1, 0.15) is 0 Å². The summed E-state index contributed by atoms with van der Waals surface area (Å²) in [5, 5.41) is 11.3. The number of carbonyl (C=O) groups excluding carboxylic acids is 2. The third-order valence-corrected chi connectivity index (χ3v) is 3.88. The van der Waals surface area contributed by atoms with Gasteiger partial charge in [-0.3, -0.25) is 14.9 Å². The summed E-state index contributed by atoms with van der Waals surface area (Å²) in [5.41, 5.74) is -0.473.